The van der Waals surface area contributed by atoms with Crippen molar-refractivity contribution in [1.82, 2.24) is 4.98 Å². The van der Waals surface area contributed by atoms with Gasteiger partial charge in [-0.2, -0.15) is 0 Å². The average molecular weight is 411 g/mol. The number of carboxylic acid groups (broad SMARTS) is 1. The van der Waals surface area contributed by atoms with Crippen LogP contribution in [0.4, 0.5) is 0 Å². The van der Waals surface area contributed by atoms with Gasteiger partial charge in [0.25, 0.3) is 0 Å². The highest BCUT2D eigenvalue weighted by Crippen LogP contribution is 2.41. The van der Waals surface area contributed by atoms with E-state index in [4.69, 9.17) is 23.9 Å². The number of rotatable bonds is 9. The fourth-order valence-electron chi connectivity index (χ4n) is 3.40. The van der Waals surface area contributed by atoms with Gasteiger partial charge in [-0.05, 0) is 48.7 Å². The number of carbonyl (C=O) groups is 1. The van der Waals surface area contributed by atoms with Crippen molar-refractivity contribution in [1.29, 1.82) is 0 Å². The Morgan fingerprint density at radius 1 is 0.967 bits per heavy atom. The number of fused-ring (bicyclic) bond motifs is 1. The summed E-state index contributed by atoms with van der Waals surface area (Å²) >= 11 is 0. The zero-order valence-electron chi connectivity index (χ0n) is 17.5. The lowest BCUT2D eigenvalue weighted by Gasteiger charge is -2.15. The molecule has 0 saturated heterocycles. The molecule has 0 aliphatic carbocycles. The maximum Gasteiger partial charge on any atom is 0.336 e. The molecule has 0 unspecified atom stereocenters. The molecule has 7 heteroatoms. The zero-order chi connectivity index (χ0) is 21.7. The number of carboxylic acids is 1. The van der Waals surface area contributed by atoms with Gasteiger partial charge in [0, 0.05) is 24.7 Å². The van der Waals surface area contributed by atoms with Crippen LogP contribution in [0.5, 0.6) is 17.2 Å². The first-order valence-corrected chi connectivity index (χ1v) is 9.48. The molecule has 3 aromatic rings. The maximum atomic E-state index is 12.0. The van der Waals surface area contributed by atoms with Crippen LogP contribution in [0.25, 0.3) is 22.2 Å². The lowest BCUT2D eigenvalue weighted by molar-refractivity contribution is 0.0699. The van der Waals surface area contributed by atoms with Gasteiger partial charge in [0.2, 0.25) is 5.75 Å². The number of aromatic nitrogens is 1. The van der Waals surface area contributed by atoms with Crippen molar-refractivity contribution in [2.24, 2.45) is 0 Å². The van der Waals surface area contributed by atoms with Crippen LogP contribution in [0.2, 0.25) is 0 Å². The molecule has 0 fully saturated rings. The molecule has 0 aliphatic heterocycles. The summed E-state index contributed by atoms with van der Waals surface area (Å²) in [6.07, 6.45) is 1.67. The fourth-order valence-corrected chi connectivity index (χ4v) is 3.40. The number of aryl methyl sites for hydroxylation is 1. The average Bonchev–Trinajstić information content (AvgIpc) is 2.77. The summed E-state index contributed by atoms with van der Waals surface area (Å²) in [5, 5.41) is 10.4. The van der Waals surface area contributed by atoms with Gasteiger partial charge in [0.15, 0.2) is 11.5 Å². The summed E-state index contributed by atoms with van der Waals surface area (Å²) in [6, 6.07) is 10.8. The van der Waals surface area contributed by atoms with Crippen molar-refractivity contribution in [3.05, 3.63) is 47.5 Å². The molecular weight excluding hydrogens is 386 g/mol. The highest BCUT2D eigenvalue weighted by atomic mass is 16.5. The second-order valence-corrected chi connectivity index (χ2v) is 6.72. The zero-order valence-corrected chi connectivity index (χ0v) is 17.5. The summed E-state index contributed by atoms with van der Waals surface area (Å²) in [7, 11) is 6.25. The smallest absolute Gasteiger partial charge is 0.336 e. The van der Waals surface area contributed by atoms with E-state index in [1.165, 1.54) is 21.3 Å². The van der Waals surface area contributed by atoms with E-state index < -0.39 is 5.97 Å². The van der Waals surface area contributed by atoms with Crippen LogP contribution in [0, 0.1) is 0 Å². The number of methoxy groups -OCH3 is 4. The number of benzene rings is 2. The number of hydrogen-bond acceptors (Lipinski definition) is 6. The van der Waals surface area contributed by atoms with E-state index in [-0.39, 0.29) is 5.56 Å². The van der Waals surface area contributed by atoms with Crippen molar-refractivity contribution in [2.75, 3.05) is 35.0 Å². The second-order valence-electron chi connectivity index (χ2n) is 6.72. The summed E-state index contributed by atoms with van der Waals surface area (Å²) in [6.45, 7) is 0.655. The van der Waals surface area contributed by atoms with Gasteiger partial charge in [0.05, 0.1) is 38.1 Å². The normalized spacial score (nSPS) is 10.8. The Morgan fingerprint density at radius 3 is 2.23 bits per heavy atom. The van der Waals surface area contributed by atoms with Crippen LogP contribution in [0.15, 0.2) is 36.4 Å². The van der Waals surface area contributed by atoms with E-state index >= 15 is 0 Å². The van der Waals surface area contributed by atoms with Gasteiger partial charge in [0.1, 0.15) is 0 Å². The van der Waals surface area contributed by atoms with Gasteiger partial charge in [-0.3, -0.25) is 0 Å². The first-order chi connectivity index (χ1) is 14.5. The Kier molecular flexibility index (Phi) is 6.74. The quantitative estimate of drug-likeness (QED) is 0.528. The van der Waals surface area contributed by atoms with E-state index in [9.17, 15) is 9.90 Å². The number of hydrogen-bond donors (Lipinski definition) is 1. The van der Waals surface area contributed by atoms with Gasteiger partial charge in [-0.25, -0.2) is 9.78 Å². The van der Waals surface area contributed by atoms with Crippen molar-refractivity contribution in [3.8, 4) is 28.5 Å². The molecular formula is C23H25NO6. The van der Waals surface area contributed by atoms with Crippen LogP contribution in [-0.4, -0.2) is 51.1 Å². The topological polar surface area (TPSA) is 87.1 Å². The van der Waals surface area contributed by atoms with Crippen LogP contribution >= 0.6 is 0 Å². The van der Waals surface area contributed by atoms with Crippen LogP contribution in [-0.2, 0) is 11.2 Å². The summed E-state index contributed by atoms with van der Waals surface area (Å²) in [5.41, 5.74) is 3.01. The van der Waals surface area contributed by atoms with E-state index in [2.05, 4.69) is 0 Å². The lowest BCUT2D eigenvalue weighted by atomic mass is 10.0. The highest BCUT2D eigenvalue weighted by molar-refractivity contribution is 6.04. The van der Waals surface area contributed by atoms with Crippen molar-refractivity contribution in [2.45, 2.75) is 12.8 Å². The van der Waals surface area contributed by atoms with E-state index in [1.54, 1.807) is 25.3 Å². The molecule has 0 amide bonds. The van der Waals surface area contributed by atoms with Crippen molar-refractivity contribution >= 4 is 16.9 Å². The monoisotopic (exact) mass is 411 g/mol. The third kappa shape index (κ3) is 4.31. The Balaban J connectivity index is 2.14. The SMILES string of the molecule is COCCCc1ccc2nc(-c3cc(OC)c(OC)c(OC)c3)cc(C(=O)O)c2c1. The number of aromatic carboxylic acids is 1. The van der Waals surface area contributed by atoms with Gasteiger partial charge < -0.3 is 24.1 Å². The van der Waals surface area contributed by atoms with E-state index in [1.807, 2.05) is 18.2 Å². The molecule has 3 rings (SSSR count). The number of ether oxygens (including phenoxy) is 4. The standard InChI is InChI=1S/C23H25NO6/c1-27-9-5-6-14-7-8-18-16(10-14)17(23(25)26)13-19(24-18)15-11-20(28-2)22(30-4)21(12-15)29-3/h7-8,10-13H,5-6,9H2,1-4H3,(H,25,26). The molecule has 0 atom stereocenters. The van der Waals surface area contributed by atoms with Crippen LogP contribution < -0.4 is 14.2 Å². The lowest BCUT2D eigenvalue weighted by Crippen LogP contribution is -2.02. The Bertz CT molecular complexity index is 1040. The number of nitrogens with zero attached hydrogens (tertiary/aromatic N) is 1. The first-order valence-electron chi connectivity index (χ1n) is 9.48. The molecule has 7 nitrogen and oxygen atoms in total. The van der Waals surface area contributed by atoms with Crippen LogP contribution in [0.1, 0.15) is 22.3 Å². The minimum Gasteiger partial charge on any atom is -0.493 e. The molecule has 30 heavy (non-hydrogen) atoms. The minimum absolute atomic E-state index is 0.192. The minimum atomic E-state index is -1.01. The molecule has 0 radical (unpaired) electrons. The summed E-state index contributed by atoms with van der Waals surface area (Å²) in [4.78, 5) is 16.7. The number of pyridine rings is 1. The highest BCUT2D eigenvalue weighted by Gasteiger charge is 2.18. The molecule has 158 valence electrons. The predicted molar refractivity (Wildman–Crippen MR) is 114 cm³/mol. The van der Waals surface area contributed by atoms with Gasteiger partial charge in [-0.15, -0.1) is 0 Å². The molecule has 1 N–H and O–H groups in total. The predicted octanol–water partition coefficient (Wildman–Crippen LogP) is 4.20. The molecule has 1 heterocycles. The summed E-state index contributed by atoms with van der Waals surface area (Å²) < 4.78 is 21.3. The molecule has 0 saturated carbocycles. The molecule has 1 aromatic heterocycles. The van der Waals surface area contributed by atoms with Crippen molar-refractivity contribution < 1.29 is 28.8 Å². The molecule has 0 bridgehead atoms. The summed E-state index contributed by atoms with van der Waals surface area (Å²) in [5.74, 6) is 0.395. The van der Waals surface area contributed by atoms with Crippen LogP contribution in [0.3, 0.4) is 0 Å². The van der Waals surface area contributed by atoms with Crippen molar-refractivity contribution in [3.63, 3.8) is 0 Å². The Labute approximate surface area is 175 Å². The fraction of sp³-hybridized carbons (Fsp3) is 0.304. The third-order valence-corrected chi connectivity index (χ3v) is 4.88. The second kappa shape index (κ2) is 9.45. The first kappa shape index (κ1) is 21.4. The van der Waals surface area contributed by atoms with Gasteiger partial charge in [-0.1, -0.05) is 6.07 Å². The van der Waals surface area contributed by atoms with Gasteiger partial charge >= 0.3 is 5.97 Å². The molecule has 0 spiro atoms. The largest absolute Gasteiger partial charge is 0.493 e. The van der Waals surface area contributed by atoms with E-state index in [0.29, 0.717) is 46.0 Å². The molecule has 2 aromatic carbocycles. The maximum absolute atomic E-state index is 12.0. The Morgan fingerprint density at radius 2 is 1.67 bits per heavy atom. The Hall–Kier alpha value is -3.32. The van der Waals surface area contributed by atoms with E-state index in [0.717, 1.165) is 18.4 Å². The molecule has 0 aliphatic rings. The third-order valence-electron chi connectivity index (χ3n) is 4.88.